The molecule has 1 aliphatic rings. The topological polar surface area (TPSA) is 34.9 Å². The van der Waals surface area contributed by atoms with Crippen LogP contribution in [-0.4, -0.2) is 15.6 Å². The first-order chi connectivity index (χ1) is 8.34. The van der Waals surface area contributed by atoms with Gasteiger partial charge in [0.2, 0.25) is 0 Å². The normalized spacial score (nSPS) is 22.7. The molecule has 0 spiro atoms. The summed E-state index contributed by atoms with van der Waals surface area (Å²) in [6.45, 7) is 8.51. The highest BCUT2D eigenvalue weighted by Crippen LogP contribution is 2.44. The number of Topliss-reactive ketones (excluding diaryl/α,β-unsaturated/α-hetero) is 1. The molecular weight excluding hydrogens is 292 g/mol. The number of ketones is 1. The van der Waals surface area contributed by atoms with Crippen LogP contribution < -0.4 is 0 Å². The third-order valence-electron chi connectivity index (χ3n) is 4.05. The first-order valence-electron chi connectivity index (χ1n) is 6.62. The minimum Gasteiger partial charge on any atom is -0.292 e. The molecule has 1 unspecified atom stereocenters. The van der Waals surface area contributed by atoms with E-state index in [9.17, 15) is 4.79 Å². The Balaban J connectivity index is 2.37. The van der Waals surface area contributed by atoms with E-state index in [-0.39, 0.29) is 23.2 Å². The summed E-state index contributed by atoms with van der Waals surface area (Å²) in [6, 6.07) is 0.208. The molecule has 18 heavy (non-hydrogen) atoms. The molecule has 1 atom stereocenters. The largest absolute Gasteiger partial charge is 0.292 e. The van der Waals surface area contributed by atoms with Crippen LogP contribution in [0.5, 0.6) is 0 Å². The maximum Gasteiger partial charge on any atom is 0.185 e. The third-order valence-corrected chi connectivity index (χ3v) is 4.63. The SMILES string of the molecule is CC(C)n1ncc(Br)c1C(=O)C1CCCC1(C)C. The van der Waals surface area contributed by atoms with Crippen molar-refractivity contribution in [2.24, 2.45) is 11.3 Å². The van der Waals surface area contributed by atoms with Gasteiger partial charge in [0.15, 0.2) is 5.78 Å². The van der Waals surface area contributed by atoms with E-state index in [0.717, 1.165) is 29.4 Å². The van der Waals surface area contributed by atoms with Crippen molar-refractivity contribution in [1.82, 2.24) is 9.78 Å². The number of rotatable bonds is 3. The standard InChI is InChI=1S/C14H21BrN2O/c1-9(2)17-12(11(15)8-16-17)13(18)10-6-5-7-14(10,3)4/h8-10H,5-7H2,1-4H3. The van der Waals surface area contributed by atoms with E-state index in [1.165, 1.54) is 0 Å². The molecule has 100 valence electrons. The highest BCUT2D eigenvalue weighted by molar-refractivity contribution is 9.10. The van der Waals surface area contributed by atoms with Crippen LogP contribution in [0.15, 0.2) is 10.7 Å². The van der Waals surface area contributed by atoms with Crippen LogP contribution in [0.2, 0.25) is 0 Å². The number of nitrogens with zero attached hydrogens (tertiary/aromatic N) is 2. The van der Waals surface area contributed by atoms with Gasteiger partial charge in [-0.2, -0.15) is 5.10 Å². The van der Waals surface area contributed by atoms with E-state index < -0.39 is 0 Å². The molecule has 0 aliphatic heterocycles. The zero-order chi connectivity index (χ0) is 13.5. The van der Waals surface area contributed by atoms with E-state index >= 15 is 0 Å². The Morgan fingerprint density at radius 2 is 2.22 bits per heavy atom. The zero-order valence-corrected chi connectivity index (χ0v) is 13.1. The van der Waals surface area contributed by atoms with E-state index in [1.54, 1.807) is 6.20 Å². The second-order valence-corrected chi connectivity index (χ2v) is 7.03. The molecule has 2 rings (SSSR count). The summed E-state index contributed by atoms with van der Waals surface area (Å²) in [4.78, 5) is 12.8. The lowest BCUT2D eigenvalue weighted by Crippen LogP contribution is -2.28. The van der Waals surface area contributed by atoms with Crippen molar-refractivity contribution in [3.05, 3.63) is 16.4 Å². The smallest absolute Gasteiger partial charge is 0.185 e. The van der Waals surface area contributed by atoms with E-state index in [2.05, 4.69) is 48.7 Å². The molecule has 0 saturated heterocycles. The summed E-state index contributed by atoms with van der Waals surface area (Å²) in [6.07, 6.45) is 5.02. The molecule has 0 amide bonds. The van der Waals surface area contributed by atoms with Gasteiger partial charge in [-0.3, -0.25) is 9.48 Å². The quantitative estimate of drug-likeness (QED) is 0.783. The number of hydrogen-bond donors (Lipinski definition) is 0. The Kier molecular flexibility index (Phi) is 3.67. The summed E-state index contributed by atoms with van der Waals surface area (Å²) < 4.78 is 2.66. The van der Waals surface area contributed by atoms with Crippen molar-refractivity contribution in [1.29, 1.82) is 0 Å². The fourth-order valence-electron chi connectivity index (χ4n) is 2.94. The Morgan fingerprint density at radius 3 is 2.72 bits per heavy atom. The van der Waals surface area contributed by atoms with E-state index in [1.807, 2.05) is 4.68 Å². The first-order valence-corrected chi connectivity index (χ1v) is 7.41. The van der Waals surface area contributed by atoms with Gasteiger partial charge in [0.25, 0.3) is 0 Å². The van der Waals surface area contributed by atoms with Crippen molar-refractivity contribution < 1.29 is 4.79 Å². The molecule has 3 nitrogen and oxygen atoms in total. The van der Waals surface area contributed by atoms with Crippen LogP contribution in [0.4, 0.5) is 0 Å². The second kappa shape index (κ2) is 4.80. The zero-order valence-electron chi connectivity index (χ0n) is 11.5. The summed E-state index contributed by atoms with van der Waals surface area (Å²) in [5.41, 5.74) is 0.854. The van der Waals surface area contributed by atoms with Crippen LogP contribution in [-0.2, 0) is 0 Å². The van der Waals surface area contributed by atoms with Gasteiger partial charge >= 0.3 is 0 Å². The Labute approximate surface area is 117 Å². The summed E-state index contributed by atoms with van der Waals surface area (Å²) in [5, 5.41) is 4.30. The van der Waals surface area contributed by atoms with Crippen LogP contribution in [0.25, 0.3) is 0 Å². The number of carbonyl (C=O) groups is 1. The molecule has 1 aromatic heterocycles. The Hall–Kier alpha value is -0.640. The van der Waals surface area contributed by atoms with Gasteiger partial charge in [0.1, 0.15) is 5.69 Å². The molecule has 1 aromatic rings. The van der Waals surface area contributed by atoms with E-state index in [4.69, 9.17) is 0 Å². The lowest BCUT2D eigenvalue weighted by molar-refractivity contribution is 0.0824. The lowest BCUT2D eigenvalue weighted by atomic mass is 9.78. The lowest BCUT2D eigenvalue weighted by Gasteiger charge is -2.26. The number of hydrogen-bond acceptors (Lipinski definition) is 2. The Bertz CT molecular complexity index is 462. The predicted molar refractivity (Wildman–Crippen MR) is 75.8 cm³/mol. The molecule has 4 heteroatoms. The van der Waals surface area contributed by atoms with Gasteiger partial charge in [-0.15, -0.1) is 0 Å². The molecule has 0 bridgehead atoms. The van der Waals surface area contributed by atoms with Gasteiger partial charge in [0.05, 0.1) is 10.7 Å². The van der Waals surface area contributed by atoms with Gasteiger partial charge in [-0.25, -0.2) is 0 Å². The average molecular weight is 313 g/mol. The fraction of sp³-hybridized carbons (Fsp3) is 0.714. The monoisotopic (exact) mass is 312 g/mol. The predicted octanol–water partition coefficient (Wildman–Crippen LogP) is 4.24. The van der Waals surface area contributed by atoms with Gasteiger partial charge < -0.3 is 0 Å². The minimum absolute atomic E-state index is 0.114. The highest BCUT2D eigenvalue weighted by Gasteiger charge is 2.41. The van der Waals surface area contributed by atoms with Crippen molar-refractivity contribution in [3.63, 3.8) is 0 Å². The first kappa shape index (κ1) is 13.8. The molecule has 1 heterocycles. The van der Waals surface area contributed by atoms with Crippen molar-refractivity contribution >= 4 is 21.7 Å². The summed E-state index contributed by atoms with van der Waals surface area (Å²) in [7, 11) is 0. The number of carbonyl (C=O) groups excluding carboxylic acids is 1. The average Bonchev–Trinajstić information content (AvgIpc) is 2.80. The van der Waals surface area contributed by atoms with Crippen LogP contribution in [0.3, 0.4) is 0 Å². The second-order valence-electron chi connectivity index (χ2n) is 6.18. The van der Waals surface area contributed by atoms with Crippen LogP contribution >= 0.6 is 15.9 Å². The molecule has 0 N–H and O–H groups in total. The maximum absolute atomic E-state index is 12.8. The molecule has 1 saturated carbocycles. The molecule has 1 aliphatic carbocycles. The highest BCUT2D eigenvalue weighted by atomic mass is 79.9. The summed E-state index contributed by atoms with van der Waals surface area (Å²) >= 11 is 3.47. The number of aromatic nitrogens is 2. The minimum atomic E-state index is 0.114. The molecule has 0 aromatic carbocycles. The Morgan fingerprint density at radius 1 is 1.56 bits per heavy atom. The van der Waals surface area contributed by atoms with Crippen molar-refractivity contribution in [2.45, 2.75) is 53.0 Å². The number of halogens is 1. The van der Waals surface area contributed by atoms with Gasteiger partial charge in [-0.1, -0.05) is 20.3 Å². The summed E-state index contributed by atoms with van der Waals surface area (Å²) in [5.74, 6) is 0.374. The third kappa shape index (κ3) is 2.27. The maximum atomic E-state index is 12.8. The molecule has 0 radical (unpaired) electrons. The van der Waals surface area contributed by atoms with Crippen molar-refractivity contribution in [3.8, 4) is 0 Å². The van der Waals surface area contributed by atoms with Crippen LogP contribution in [0, 0.1) is 11.3 Å². The van der Waals surface area contributed by atoms with Gasteiger partial charge in [-0.05, 0) is 48.0 Å². The molecular formula is C14H21BrN2O. The van der Waals surface area contributed by atoms with E-state index in [0.29, 0.717) is 0 Å². The van der Waals surface area contributed by atoms with Gasteiger partial charge in [0, 0.05) is 12.0 Å². The van der Waals surface area contributed by atoms with Crippen LogP contribution in [0.1, 0.15) is 63.5 Å². The fourth-order valence-corrected chi connectivity index (χ4v) is 3.41. The van der Waals surface area contributed by atoms with Crippen molar-refractivity contribution in [2.75, 3.05) is 0 Å². The molecule has 1 fully saturated rings.